The molecule has 0 radical (unpaired) electrons. The van der Waals surface area contributed by atoms with Crippen molar-refractivity contribution in [3.8, 4) is 17.2 Å². The maximum atomic E-state index is 5.73. The predicted octanol–water partition coefficient (Wildman–Crippen LogP) is 2.72. The zero-order chi connectivity index (χ0) is 14.4. The molecule has 0 amide bonds. The molecule has 20 heavy (non-hydrogen) atoms. The van der Waals surface area contributed by atoms with Gasteiger partial charge in [-0.25, -0.2) is 0 Å². The van der Waals surface area contributed by atoms with E-state index in [4.69, 9.17) is 14.2 Å². The maximum Gasteiger partial charge on any atom is 0.130 e. The Balaban J connectivity index is 2.09. The summed E-state index contributed by atoms with van der Waals surface area (Å²) >= 11 is 0. The largest absolute Gasteiger partial charge is 0.496 e. The average molecular weight is 274 g/mol. The molecular formula is C15H18N2O3. The minimum Gasteiger partial charge on any atom is -0.496 e. The van der Waals surface area contributed by atoms with Gasteiger partial charge in [-0.15, -0.1) is 0 Å². The Morgan fingerprint density at radius 1 is 1.00 bits per heavy atom. The monoisotopic (exact) mass is 274 g/mol. The van der Waals surface area contributed by atoms with Crippen LogP contribution in [-0.4, -0.2) is 26.3 Å². The number of anilines is 1. The number of ether oxygens (including phenoxy) is 3. The fourth-order valence-electron chi connectivity index (χ4n) is 1.73. The van der Waals surface area contributed by atoms with Crippen LogP contribution >= 0.6 is 0 Å². The second kappa shape index (κ2) is 6.65. The van der Waals surface area contributed by atoms with Crippen molar-refractivity contribution in [2.45, 2.75) is 6.61 Å². The van der Waals surface area contributed by atoms with E-state index in [1.54, 1.807) is 26.5 Å². The fourth-order valence-corrected chi connectivity index (χ4v) is 1.73. The second-order valence-electron chi connectivity index (χ2n) is 4.12. The number of rotatable bonds is 6. The lowest BCUT2D eigenvalue weighted by molar-refractivity contribution is 0.296. The lowest BCUT2D eigenvalue weighted by Gasteiger charge is -2.10. The molecule has 0 unspecified atom stereocenters. The van der Waals surface area contributed by atoms with Gasteiger partial charge in [0.25, 0.3) is 0 Å². The van der Waals surface area contributed by atoms with Crippen LogP contribution in [0.1, 0.15) is 5.69 Å². The highest BCUT2D eigenvalue weighted by atomic mass is 16.5. The van der Waals surface area contributed by atoms with Crippen molar-refractivity contribution >= 4 is 5.69 Å². The number of hydrogen-bond donors (Lipinski definition) is 1. The summed E-state index contributed by atoms with van der Waals surface area (Å²) in [4.78, 5) is 4.26. The Kier molecular flexibility index (Phi) is 4.65. The number of hydrogen-bond acceptors (Lipinski definition) is 5. The summed E-state index contributed by atoms with van der Waals surface area (Å²) in [6.45, 7) is 0.381. The van der Waals surface area contributed by atoms with E-state index in [1.165, 1.54) is 0 Å². The van der Waals surface area contributed by atoms with E-state index in [1.807, 2.05) is 31.3 Å². The first kappa shape index (κ1) is 14.0. The van der Waals surface area contributed by atoms with Gasteiger partial charge in [0.05, 0.1) is 19.9 Å². The molecule has 5 heteroatoms. The van der Waals surface area contributed by atoms with Gasteiger partial charge in [-0.2, -0.15) is 0 Å². The van der Waals surface area contributed by atoms with Gasteiger partial charge < -0.3 is 19.5 Å². The van der Waals surface area contributed by atoms with Crippen molar-refractivity contribution in [2.75, 3.05) is 26.6 Å². The number of aromatic nitrogens is 1. The topological polar surface area (TPSA) is 52.6 Å². The van der Waals surface area contributed by atoms with Crippen LogP contribution in [0.2, 0.25) is 0 Å². The normalized spacial score (nSPS) is 9.95. The smallest absolute Gasteiger partial charge is 0.130 e. The maximum absolute atomic E-state index is 5.73. The number of methoxy groups -OCH3 is 2. The minimum absolute atomic E-state index is 0.381. The van der Waals surface area contributed by atoms with Crippen LogP contribution in [0.5, 0.6) is 17.2 Å². The molecule has 1 aromatic carbocycles. The second-order valence-corrected chi connectivity index (χ2v) is 4.12. The van der Waals surface area contributed by atoms with Crippen molar-refractivity contribution in [1.29, 1.82) is 0 Å². The van der Waals surface area contributed by atoms with Crippen LogP contribution in [0, 0.1) is 0 Å². The molecule has 2 aromatic rings. The summed E-state index contributed by atoms with van der Waals surface area (Å²) in [7, 11) is 5.08. The zero-order valence-electron chi connectivity index (χ0n) is 11.8. The molecule has 1 N–H and O–H groups in total. The van der Waals surface area contributed by atoms with Gasteiger partial charge in [0.1, 0.15) is 23.9 Å². The Labute approximate surface area is 118 Å². The first-order valence-corrected chi connectivity index (χ1v) is 6.23. The third-order valence-electron chi connectivity index (χ3n) is 2.82. The van der Waals surface area contributed by atoms with E-state index >= 15 is 0 Å². The van der Waals surface area contributed by atoms with Crippen LogP contribution in [0.4, 0.5) is 5.69 Å². The van der Waals surface area contributed by atoms with Crippen molar-refractivity contribution < 1.29 is 14.2 Å². The van der Waals surface area contributed by atoms with E-state index in [0.29, 0.717) is 23.9 Å². The number of nitrogens with one attached hydrogen (secondary N) is 1. The van der Waals surface area contributed by atoms with Crippen LogP contribution in [0.15, 0.2) is 36.5 Å². The highest BCUT2D eigenvalue weighted by Crippen LogP contribution is 2.27. The van der Waals surface area contributed by atoms with E-state index in [2.05, 4.69) is 10.3 Å². The molecule has 0 bridgehead atoms. The molecule has 1 aromatic heterocycles. The fraction of sp³-hybridized carbons (Fsp3) is 0.267. The van der Waals surface area contributed by atoms with Crippen LogP contribution < -0.4 is 19.5 Å². The highest BCUT2D eigenvalue weighted by molar-refractivity contribution is 5.43. The Hall–Kier alpha value is -2.43. The van der Waals surface area contributed by atoms with Crippen LogP contribution in [0.3, 0.4) is 0 Å². The number of nitrogens with zero attached hydrogens (tertiary/aromatic N) is 1. The third kappa shape index (κ3) is 3.54. The Bertz CT molecular complexity index is 551. The Morgan fingerprint density at radius 3 is 2.25 bits per heavy atom. The SMILES string of the molecule is CNc1ccnc(COc2cc(OC)cc(OC)c2)c1. The summed E-state index contributed by atoms with van der Waals surface area (Å²) in [6, 6.07) is 9.26. The third-order valence-corrected chi connectivity index (χ3v) is 2.82. The van der Waals surface area contributed by atoms with Crippen molar-refractivity contribution in [2.24, 2.45) is 0 Å². The molecule has 0 aliphatic rings. The summed E-state index contributed by atoms with van der Waals surface area (Å²) in [5.74, 6) is 2.06. The van der Waals surface area contributed by atoms with Crippen molar-refractivity contribution in [1.82, 2.24) is 4.98 Å². The van der Waals surface area contributed by atoms with Gasteiger partial charge in [0.2, 0.25) is 0 Å². The molecule has 1 heterocycles. The van der Waals surface area contributed by atoms with Gasteiger partial charge >= 0.3 is 0 Å². The van der Waals surface area contributed by atoms with Crippen LogP contribution in [-0.2, 0) is 6.61 Å². The predicted molar refractivity (Wildman–Crippen MR) is 77.7 cm³/mol. The molecule has 0 aliphatic carbocycles. The lowest BCUT2D eigenvalue weighted by atomic mass is 10.3. The summed E-state index contributed by atoms with van der Waals surface area (Å²) in [5, 5.41) is 3.07. The summed E-state index contributed by atoms with van der Waals surface area (Å²) < 4.78 is 16.1. The van der Waals surface area contributed by atoms with E-state index < -0.39 is 0 Å². The first-order valence-electron chi connectivity index (χ1n) is 6.23. The molecular weight excluding hydrogens is 256 g/mol. The van der Waals surface area contributed by atoms with E-state index in [0.717, 1.165) is 11.4 Å². The molecule has 0 fully saturated rings. The molecule has 0 atom stereocenters. The zero-order valence-corrected chi connectivity index (χ0v) is 11.8. The van der Waals surface area contributed by atoms with Gasteiger partial charge in [-0.05, 0) is 12.1 Å². The molecule has 0 aliphatic heterocycles. The summed E-state index contributed by atoms with van der Waals surface area (Å²) in [5.41, 5.74) is 1.85. The van der Waals surface area contributed by atoms with Gasteiger partial charge in [0.15, 0.2) is 0 Å². The molecule has 0 spiro atoms. The van der Waals surface area contributed by atoms with E-state index in [9.17, 15) is 0 Å². The molecule has 2 rings (SSSR count). The van der Waals surface area contributed by atoms with Gasteiger partial charge in [-0.1, -0.05) is 0 Å². The molecule has 0 saturated heterocycles. The van der Waals surface area contributed by atoms with E-state index in [-0.39, 0.29) is 0 Å². The van der Waals surface area contributed by atoms with Gasteiger partial charge in [0, 0.05) is 37.1 Å². The van der Waals surface area contributed by atoms with Crippen LogP contribution in [0.25, 0.3) is 0 Å². The number of benzene rings is 1. The molecule has 5 nitrogen and oxygen atoms in total. The Morgan fingerprint density at radius 2 is 1.65 bits per heavy atom. The quantitative estimate of drug-likeness (QED) is 0.877. The highest BCUT2D eigenvalue weighted by Gasteiger charge is 2.04. The van der Waals surface area contributed by atoms with Gasteiger partial charge in [-0.3, -0.25) is 4.98 Å². The number of pyridine rings is 1. The van der Waals surface area contributed by atoms with Crippen molar-refractivity contribution in [3.63, 3.8) is 0 Å². The first-order chi connectivity index (χ1) is 9.75. The van der Waals surface area contributed by atoms with Crippen molar-refractivity contribution in [3.05, 3.63) is 42.2 Å². The summed E-state index contributed by atoms with van der Waals surface area (Å²) in [6.07, 6.45) is 1.75. The molecule has 106 valence electrons. The lowest BCUT2D eigenvalue weighted by Crippen LogP contribution is -2.00. The average Bonchev–Trinajstić information content (AvgIpc) is 2.52. The minimum atomic E-state index is 0.381. The standard InChI is InChI=1S/C15H18N2O3/c1-16-11-4-5-17-12(6-11)10-20-15-8-13(18-2)7-14(9-15)19-3/h4-9H,10H2,1-3H3,(H,16,17). The molecule has 0 saturated carbocycles.